The zero-order valence-electron chi connectivity index (χ0n) is 10.7. The Bertz CT molecular complexity index is 420. The molecule has 1 aliphatic rings. The third kappa shape index (κ3) is 3.33. The van der Waals surface area contributed by atoms with Crippen LogP contribution in [0.1, 0.15) is 12.0 Å². The Hall–Kier alpha value is -1.40. The minimum atomic E-state index is -2.52. The molecule has 0 saturated carbocycles. The number of piperazine rings is 1. The highest BCUT2D eigenvalue weighted by Gasteiger charge is 2.22. The Morgan fingerprint density at radius 2 is 1.89 bits per heavy atom. The molecular formula is C13H19F2N3O. The van der Waals surface area contributed by atoms with Crippen LogP contribution in [-0.4, -0.2) is 49.3 Å². The first-order valence-corrected chi connectivity index (χ1v) is 6.37. The van der Waals surface area contributed by atoms with E-state index >= 15 is 0 Å². The van der Waals surface area contributed by atoms with Gasteiger partial charge in [-0.2, -0.15) is 0 Å². The molecule has 0 unspecified atom stereocenters. The SMILES string of the molecule is Nc1ccc(N2CCN(CCO)CC2)c(C(F)F)c1. The summed E-state index contributed by atoms with van der Waals surface area (Å²) in [5, 5.41) is 8.88. The molecule has 4 nitrogen and oxygen atoms in total. The van der Waals surface area contributed by atoms with Crippen molar-refractivity contribution in [3.05, 3.63) is 23.8 Å². The molecule has 1 saturated heterocycles. The van der Waals surface area contributed by atoms with Crippen LogP contribution in [0.3, 0.4) is 0 Å². The monoisotopic (exact) mass is 271 g/mol. The fourth-order valence-corrected chi connectivity index (χ4v) is 2.39. The van der Waals surface area contributed by atoms with E-state index < -0.39 is 6.43 Å². The molecule has 0 bridgehead atoms. The largest absolute Gasteiger partial charge is 0.399 e. The van der Waals surface area contributed by atoms with Gasteiger partial charge >= 0.3 is 0 Å². The molecule has 1 aromatic carbocycles. The van der Waals surface area contributed by atoms with E-state index in [9.17, 15) is 8.78 Å². The van der Waals surface area contributed by atoms with Crippen LogP contribution in [0.25, 0.3) is 0 Å². The molecule has 0 atom stereocenters. The van der Waals surface area contributed by atoms with E-state index in [1.165, 1.54) is 6.07 Å². The molecule has 0 spiro atoms. The second-order valence-corrected chi connectivity index (χ2v) is 4.67. The lowest BCUT2D eigenvalue weighted by Gasteiger charge is -2.36. The zero-order valence-corrected chi connectivity index (χ0v) is 10.7. The van der Waals surface area contributed by atoms with Crippen molar-refractivity contribution in [1.29, 1.82) is 0 Å². The molecule has 0 radical (unpaired) electrons. The molecule has 0 amide bonds. The molecule has 3 N–H and O–H groups in total. The third-order valence-electron chi connectivity index (χ3n) is 3.42. The van der Waals surface area contributed by atoms with E-state index in [1.807, 2.05) is 4.90 Å². The van der Waals surface area contributed by atoms with Gasteiger partial charge in [-0.05, 0) is 18.2 Å². The predicted molar refractivity (Wildman–Crippen MR) is 71.6 cm³/mol. The molecule has 1 heterocycles. The standard InChI is InChI=1S/C13H19F2N3O/c14-13(15)11-9-10(16)1-2-12(11)18-5-3-17(4-6-18)7-8-19/h1-2,9,13,19H,3-8,16H2. The Morgan fingerprint density at radius 1 is 1.21 bits per heavy atom. The topological polar surface area (TPSA) is 52.7 Å². The molecule has 1 aromatic rings. The lowest BCUT2D eigenvalue weighted by Crippen LogP contribution is -2.47. The Labute approximate surface area is 111 Å². The highest BCUT2D eigenvalue weighted by molar-refractivity contribution is 5.60. The van der Waals surface area contributed by atoms with Gasteiger partial charge in [-0.15, -0.1) is 0 Å². The molecule has 6 heteroatoms. The first-order valence-electron chi connectivity index (χ1n) is 6.37. The summed E-state index contributed by atoms with van der Waals surface area (Å²) in [6.07, 6.45) is -2.52. The van der Waals surface area contributed by atoms with E-state index in [-0.39, 0.29) is 12.2 Å². The number of aliphatic hydroxyl groups excluding tert-OH is 1. The Morgan fingerprint density at radius 3 is 2.47 bits per heavy atom. The van der Waals surface area contributed by atoms with Gasteiger partial charge in [-0.25, -0.2) is 8.78 Å². The van der Waals surface area contributed by atoms with Crippen molar-refractivity contribution in [1.82, 2.24) is 4.90 Å². The van der Waals surface area contributed by atoms with Gasteiger partial charge in [0.2, 0.25) is 0 Å². The van der Waals surface area contributed by atoms with Crippen LogP contribution in [0.4, 0.5) is 20.2 Å². The normalized spacial score (nSPS) is 17.2. The van der Waals surface area contributed by atoms with Crippen LogP contribution >= 0.6 is 0 Å². The summed E-state index contributed by atoms with van der Waals surface area (Å²) in [5.41, 5.74) is 6.49. The Kier molecular flexibility index (Phi) is 4.55. The average molecular weight is 271 g/mol. The number of hydrogen-bond donors (Lipinski definition) is 2. The zero-order chi connectivity index (χ0) is 13.8. The third-order valence-corrected chi connectivity index (χ3v) is 3.42. The highest BCUT2D eigenvalue weighted by Crippen LogP contribution is 2.32. The molecule has 2 rings (SSSR count). The van der Waals surface area contributed by atoms with E-state index in [4.69, 9.17) is 10.8 Å². The van der Waals surface area contributed by atoms with Crippen LogP contribution in [-0.2, 0) is 0 Å². The van der Waals surface area contributed by atoms with Crippen molar-refractivity contribution >= 4 is 11.4 Å². The van der Waals surface area contributed by atoms with Crippen molar-refractivity contribution in [2.24, 2.45) is 0 Å². The van der Waals surface area contributed by atoms with Gasteiger partial charge in [-0.3, -0.25) is 4.90 Å². The van der Waals surface area contributed by atoms with E-state index in [0.29, 0.717) is 31.0 Å². The summed E-state index contributed by atoms with van der Waals surface area (Å²) in [6, 6.07) is 4.67. The lowest BCUT2D eigenvalue weighted by molar-refractivity contribution is 0.151. The summed E-state index contributed by atoms with van der Waals surface area (Å²) in [5.74, 6) is 0. The summed E-state index contributed by atoms with van der Waals surface area (Å²) in [7, 11) is 0. The van der Waals surface area contributed by atoms with Gasteiger partial charge in [0, 0.05) is 49.7 Å². The number of aliphatic hydroxyl groups is 1. The summed E-state index contributed by atoms with van der Waals surface area (Å²) < 4.78 is 26.1. The van der Waals surface area contributed by atoms with Crippen LogP contribution in [0, 0.1) is 0 Å². The Balaban J connectivity index is 2.11. The van der Waals surface area contributed by atoms with Crippen molar-refractivity contribution in [3.63, 3.8) is 0 Å². The number of anilines is 2. The van der Waals surface area contributed by atoms with Gasteiger partial charge < -0.3 is 15.7 Å². The maximum Gasteiger partial charge on any atom is 0.265 e. The van der Waals surface area contributed by atoms with Crippen molar-refractivity contribution in [2.45, 2.75) is 6.43 Å². The van der Waals surface area contributed by atoms with Crippen LogP contribution < -0.4 is 10.6 Å². The number of halogens is 2. The highest BCUT2D eigenvalue weighted by atomic mass is 19.3. The first kappa shape index (κ1) is 14.0. The molecule has 19 heavy (non-hydrogen) atoms. The smallest absolute Gasteiger partial charge is 0.265 e. The average Bonchev–Trinajstić information content (AvgIpc) is 2.40. The fourth-order valence-electron chi connectivity index (χ4n) is 2.39. The number of nitrogen functional groups attached to an aromatic ring is 1. The molecule has 0 aromatic heterocycles. The van der Waals surface area contributed by atoms with Crippen molar-refractivity contribution in [2.75, 3.05) is 50.0 Å². The maximum absolute atomic E-state index is 13.0. The predicted octanol–water partition coefficient (Wildman–Crippen LogP) is 1.32. The van der Waals surface area contributed by atoms with Gasteiger partial charge in [0.15, 0.2) is 0 Å². The second kappa shape index (κ2) is 6.16. The van der Waals surface area contributed by atoms with E-state index in [1.54, 1.807) is 12.1 Å². The second-order valence-electron chi connectivity index (χ2n) is 4.67. The summed E-state index contributed by atoms with van der Waals surface area (Å²) in [6.45, 7) is 3.68. The summed E-state index contributed by atoms with van der Waals surface area (Å²) >= 11 is 0. The van der Waals surface area contributed by atoms with Crippen LogP contribution in [0.5, 0.6) is 0 Å². The molecule has 0 aliphatic carbocycles. The fraction of sp³-hybridized carbons (Fsp3) is 0.538. The lowest BCUT2D eigenvalue weighted by atomic mass is 10.1. The number of rotatable bonds is 4. The molecule has 1 fully saturated rings. The van der Waals surface area contributed by atoms with E-state index in [0.717, 1.165) is 13.1 Å². The summed E-state index contributed by atoms with van der Waals surface area (Å²) in [4.78, 5) is 4.07. The number of nitrogens with zero attached hydrogens (tertiary/aromatic N) is 2. The molecule has 1 aliphatic heterocycles. The van der Waals surface area contributed by atoms with Crippen molar-refractivity contribution < 1.29 is 13.9 Å². The number of nitrogens with two attached hydrogens (primary N) is 1. The van der Waals surface area contributed by atoms with Gasteiger partial charge in [0.1, 0.15) is 0 Å². The number of benzene rings is 1. The maximum atomic E-state index is 13.0. The number of β-amino-alcohol motifs (C(OH)–C–C–N with tert-alkyl or cyclic N) is 1. The van der Waals surface area contributed by atoms with Gasteiger partial charge in [0.25, 0.3) is 6.43 Å². The van der Waals surface area contributed by atoms with E-state index in [2.05, 4.69) is 4.90 Å². The first-order chi connectivity index (χ1) is 9.11. The number of hydrogen-bond acceptors (Lipinski definition) is 4. The molecule has 106 valence electrons. The van der Waals surface area contributed by atoms with Crippen molar-refractivity contribution in [3.8, 4) is 0 Å². The van der Waals surface area contributed by atoms with Crippen LogP contribution in [0.2, 0.25) is 0 Å². The van der Waals surface area contributed by atoms with Gasteiger partial charge in [0.05, 0.1) is 6.61 Å². The number of alkyl halides is 2. The van der Waals surface area contributed by atoms with Crippen LogP contribution in [0.15, 0.2) is 18.2 Å². The van der Waals surface area contributed by atoms with Gasteiger partial charge in [-0.1, -0.05) is 0 Å². The minimum absolute atomic E-state index is 0.00407. The molecular weight excluding hydrogens is 252 g/mol. The minimum Gasteiger partial charge on any atom is -0.399 e. The quantitative estimate of drug-likeness (QED) is 0.811.